The Morgan fingerprint density at radius 2 is 1.58 bits per heavy atom. The number of nitrogens with one attached hydrogen (secondary N) is 2. The number of amides is 3. The summed E-state index contributed by atoms with van der Waals surface area (Å²) in [7, 11) is 3.83. The molecule has 9 nitrogen and oxygen atoms in total. The first-order chi connectivity index (χ1) is 21.7. The number of halogens is 1. The first-order valence-corrected chi connectivity index (χ1v) is 14.3. The average Bonchev–Trinajstić information content (AvgIpc) is 3.57. The van der Waals surface area contributed by atoms with Crippen LogP contribution in [-0.4, -0.2) is 54.0 Å². The van der Waals surface area contributed by atoms with Crippen LogP contribution in [0.3, 0.4) is 0 Å². The molecule has 2 N–H and O–H groups in total. The van der Waals surface area contributed by atoms with Gasteiger partial charge in [-0.2, -0.15) is 0 Å². The van der Waals surface area contributed by atoms with Crippen LogP contribution in [-0.2, 0) is 20.9 Å². The highest BCUT2D eigenvalue weighted by Gasteiger charge is 2.40. The zero-order valence-electron chi connectivity index (χ0n) is 24.7. The van der Waals surface area contributed by atoms with E-state index in [9.17, 15) is 23.6 Å². The van der Waals surface area contributed by atoms with Gasteiger partial charge in [0.05, 0.1) is 11.3 Å². The number of hydrogen-bond donors (Lipinski definition) is 2. The van der Waals surface area contributed by atoms with Crippen molar-refractivity contribution in [3.05, 3.63) is 126 Å². The van der Waals surface area contributed by atoms with Crippen molar-refractivity contribution in [1.82, 2.24) is 9.88 Å². The molecule has 0 radical (unpaired) electrons. The van der Waals surface area contributed by atoms with E-state index < -0.39 is 41.9 Å². The number of carbonyl (C=O) groups is 4. The molecule has 226 valence electrons. The molecule has 0 spiro atoms. The van der Waals surface area contributed by atoms with Crippen LogP contribution in [0.1, 0.15) is 27.5 Å². The lowest BCUT2D eigenvalue weighted by atomic mass is 10.0. The van der Waals surface area contributed by atoms with Gasteiger partial charge in [-0.1, -0.05) is 42.5 Å². The van der Waals surface area contributed by atoms with Gasteiger partial charge >= 0.3 is 0 Å². The fraction of sp³-hybridized carbons (Fsp3) is 0.143. The molecule has 2 heterocycles. The zero-order chi connectivity index (χ0) is 31.7. The molecule has 0 aliphatic carbocycles. The lowest BCUT2D eigenvalue weighted by Crippen LogP contribution is -2.46. The fourth-order valence-corrected chi connectivity index (χ4v) is 5.57. The number of Topliss-reactive ketones (excluding diaryl/α,β-unsaturated/α-hetero) is 1. The molecule has 1 atom stereocenters. The van der Waals surface area contributed by atoms with Crippen molar-refractivity contribution in [3.8, 4) is 0 Å². The number of ketones is 1. The molecular weight excluding hydrogens is 573 g/mol. The van der Waals surface area contributed by atoms with Crippen LogP contribution in [0.25, 0.3) is 10.9 Å². The molecule has 1 aromatic heterocycles. The zero-order valence-corrected chi connectivity index (χ0v) is 24.7. The molecule has 1 aliphatic heterocycles. The smallest absolute Gasteiger partial charge is 0.299 e. The summed E-state index contributed by atoms with van der Waals surface area (Å²) in [6.45, 7) is -0.555. The molecule has 1 aliphatic rings. The number of fused-ring (bicyclic) bond motifs is 2. The summed E-state index contributed by atoms with van der Waals surface area (Å²) in [5.74, 6) is -3.03. The molecule has 0 fully saturated rings. The number of benzene rings is 4. The van der Waals surface area contributed by atoms with E-state index >= 15 is 0 Å². The normalized spacial score (nSPS) is 13.1. The standard InChI is InChI=1S/C35H30FN5O4/c1-39(2)25-17-15-24(16-18-25)38-34(44)32(28-19-37-29-9-5-3-7-26(28)29)41(20-22-11-13-23(36)14-12-22)31(42)21-40-30-10-6-4-8-27(30)33(43)35(40)45/h3-19,32,37H,20-21H2,1-2H3,(H,38,44)/t32-/m1/s1. The molecule has 45 heavy (non-hydrogen) atoms. The van der Waals surface area contributed by atoms with E-state index in [1.165, 1.54) is 17.0 Å². The average molecular weight is 604 g/mol. The van der Waals surface area contributed by atoms with Gasteiger partial charge in [-0.05, 0) is 60.2 Å². The number of anilines is 3. The van der Waals surface area contributed by atoms with Crippen molar-refractivity contribution < 1.29 is 23.6 Å². The Morgan fingerprint density at radius 1 is 0.889 bits per heavy atom. The van der Waals surface area contributed by atoms with Gasteiger partial charge in [0.1, 0.15) is 18.4 Å². The van der Waals surface area contributed by atoms with E-state index in [1.54, 1.807) is 54.7 Å². The predicted molar refractivity (Wildman–Crippen MR) is 171 cm³/mol. The molecule has 4 aromatic carbocycles. The summed E-state index contributed by atoms with van der Waals surface area (Å²) >= 11 is 0. The predicted octanol–water partition coefficient (Wildman–Crippen LogP) is 5.31. The second-order valence-electron chi connectivity index (χ2n) is 11.0. The summed E-state index contributed by atoms with van der Waals surface area (Å²) in [6.07, 6.45) is 1.69. The van der Waals surface area contributed by atoms with Crippen molar-refractivity contribution in [2.75, 3.05) is 35.8 Å². The van der Waals surface area contributed by atoms with Gasteiger partial charge in [0.25, 0.3) is 17.6 Å². The monoisotopic (exact) mass is 603 g/mol. The van der Waals surface area contributed by atoms with Crippen molar-refractivity contribution in [3.63, 3.8) is 0 Å². The SMILES string of the molecule is CN(C)c1ccc(NC(=O)[C@@H](c2c[nH]c3ccccc23)N(Cc2ccc(F)cc2)C(=O)CN2C(=O)C(=O)c3ccccc32)cc1. The van der Waals surface area contributed by atoms with Crippen molar-refractivity contribution in [1.29, 1.82) is 0 Å². The highest BCUT2D eigenvalue weighted by Crippen LogP contribution is 2.33. The number of rotatable bonds is 9. The van der Waals surface area contributed by atoms with Crippen LogP contribution in [0.5, 0.6) is 0 Å². The van der Waals surface area contributed by atoms with E-state index in [0.29, 0.717) is 22.5 Å². The third-order valence-corrected chi connectivity index (χ3v) is 7.89. The van der Waals surface area contributed by atoms with Gasteiger partial charge in [-0.3, -0.25) is 24.1 Å². The van der Waals surface area contributed by atoms with Crippen LogP contribution >= 0.6 is 0 Å². The Balaban J connectivity index is 1.42. The van der Waals surface area contributed by atoms with Gasteiger partial charge in [-0.25, -0.2) is 4.39 Å². The Kier molecular flexibility index (Phi) is 7.87. The summed E-state index contributed by atoms with van der Waals surface area (Å²) in [6, 6.07) is 25.7. The van der Waals surface area contributed by atoms with Crippen LogP contribution < -0.4 is 15.1 Å². The Morgan fingerprint density at radius 3 is 2.31 bits per heavy atom. The van der Waals surface area contributed by atoms with E-state index in [-0.39, 0.29) is 12.1 Å². The molecule has 0 unspecified atom stereocenters. The van der Waals surface area contributed by atoms with E-state index in [2.05, 4.69) is 10.3 Å². The quantitative estimate of drug-likeness (QED) is 0.222. The second kappa shape index (κ2) is 12.1. The largest absolute Gasteiger partial charge is 0.378 e. The number of H-pyrrole nitrogens is 1. The maximum absolute atomic E-state index is 14.3. The first kappa shape index (κ1) is 29.3. The number of aromatic amines is 1. The van der Waals surface area contributed by atoms with Crippen LogP contribution in [0.4, 0.5) is 21.5 Å². The molecule has 0 saturated carbocycles. The molecular formula is C35H30FN5O4. The number of hydrogen-bond acceptors (Lipinski definition) is 5. The molecule has 0 saturated heterocycles. The second-order valence-corrected chi connectivity index (χ2v) is 11.0. The molecule has 10 heteroatoms. The minimum atomic E-state index is -1.17. The Bertz CT molecular complexity index is 1920. The molecule has 6 rings (SSSR count). The summed E-state index contributed by atoms with van der Waals surface area (Å²) < 4.78 is 13.9. The molecule has 0 bridgehead atoms. The van der Waals surface area contributed by atoms with Gasteiger partial charge in [0.15, 0.2) is 0 Å². The topological polar surface area (TPSA) is 106 Å². The summed E-state index contributed by atoms with van der Waals surface area (Å²) in [5.41, 5.74) is 3.89. The van der Waals surface area contributed by atoms with Gasteiger partial charge in [-0.15, -0.1) is 0 Å². The van der Waals surface area contributed by atoms with E-state index in [1.807, 2.05) is 55.4 Å². The highest BCUT2D eigenvalue weighted by atomic mass is 19.1. The van der Waals surface area contributed by atoms with Gasteiger partial charge in [0, 0.05) is 54.7 Å². The van der Waals surface area contributed by atoms with Crippen LogP contribution in [0.15, 0.2) is 103 Å². The van der Waals surface area contributed by atoms with Crippen molar-refractivity contribution in [2.45, 2.75) is 12.6 Å². The minimum absolute atomic E-state index is 0.0755. The first-order valence-electron chi connectivity index (χ1n) is 14.3. The summed E-state index contributed by atoms with van der Waals surface area (Å²) in [4.78, 5) is 62.0. The van der Waals surface area contributed by atoms with Crippen LogP contribution in [0.2, 0.25) is 0 Å². The van der Waals surface area contributed by atoms with Crippen LogP contribution in [0, 0.1) is 5.82 Å². The third kappa shape index (κ3) is 5.77. The summed E-state index contributed by atoms with van der Waals surface area (Å²) in [5, 5.41) is 3.69. The Labute approximate surface area is 258 Å². The van der Waals surface area contributed by atoms with Gasteiger partial charge in [0.2, 0.25) is 5.91 Å². The van der Waals surface area contributed by atoms with E-state index in [4.69, 9.17) is 0 Å². The van der Waals surface area contributed by atoms with Crippen molar-refractivity contribution in [2.24, 2.45) is 0 Å². The molecule has 5 aromatic rings. The Hall–Kier alpha value is -5.77. The minimum Gasteiger partial charge on any atom is -0.378 e. The lowest BCUT2D eigenvalue weighted by molar-refractivity contribution is -0.139. The third-order valence-electron chi connectivity index (χ3n) is 7.89. The highest BCUT2D eigenvalue weighted by molar-refractivity contribution is 6.52. The van der Waals surface area contributed by atoms with Gasteiger partial charge < -0.3 is 20.1 Å². The van der Waals surface area contributed by atoms with E-state index in [0.717, 1.165) is 21.5 Å². The molecule has 3 amide bonds. The number of aromatic nitrogens is 1. The fourth-order valence-electron chi connectivity index (χ4n) is 5.57. The lowest BCUT2D eigenvalue weighted by Gasteiger charge is -2.32. The maximum Gasteiger partial charge on any atom is 0.299 e. The maximum atomic E-state index is 14.3. The van der Waals surface area contributed by atoms with Crippen molar-refractivity contribution >= 4 is 51.5 Å². The number of carbonyl (C=O) groups excluding carboxylic acids is 4. The number of nitrogens with zero attached hydrogens (tertiary/aromatic N) is 3. The number of para-hydroxylation sites is 2.